The molecule has 65 heavy (non-hydrogen) atoms. The Kier molecular flexibility index (Phi) is 13.5. The second-order valence-electron chi connectivity index (χ2n) is 22.8. The van der Waals surface area contributed by atoms with E-state index in [1.54, 1.807) is 0 Å². The van der Waals surface area contributed by atoms with E-state index in [2.05, 4.69) is 9.97 Å². The molecule has 2 saturated carbocycles. The predicted molar refractivity (Wildman–Crippen MR) is 244 cm³/mol. The molecule has 0 radical (unpaired) electrons. The summed E-state index contributed by atoms with van der Waals surface area (Å²) < 4.78 is 85.9. The van der Waals surface area contributed by atoms with E-state index in [1.165, 1.54) is 0 Å². The van der Waals surface area contributed by atoms with Gasteiger partial charge in [-0.1, -0.05) is 113 Å². The number of hydrogen-bond donors (Lipinski definition) is 4. The summed E-state index contributed by atoms with van der Waals surface area (Å²) in [4.78, 5) is 32.9. The number of H-pyrrole nitrogens is 2. The largest absolute Gasteiger partial charge is 0.507 e. The third kappa shape index (κ3) is 11.0. The van der Waals surface area contributed by atoms with Gasteiger partial charge in [-0.15, -0.1) is 0 Å². The van der Waals surface area contributed by atoms with Crippen LogP contribution in [0, 0.1) is 5.92 Å². The van der Waals surface area contributed by atoms with Gasteiger partial charge in [-0.25, -0.2) is 0 Å². The first-order chi connectivity index (χ1) is 29.8. The molecule has 2 aromatic carbocycles. The molecule has 2 aliphatic carbocycles. The van der Waals surface area contributed by atoms with Crippen LogP contribution in [0.5, 0.6) is 11.5 Å². The minimum atomic E-state index is -4.75. The van der Waals surface area contributed by atoms with E-state index in [1.807, 2.05) is 100 Å². The minimum Gasteiger partial charge on any atom is -0.507 e. The van der Waals surface area contributed by atoms with Crippen LogP contribution in [0.25, 0.3) is 0 Å². The molecule has 0 aliphatic heterocycles. The predicted octanol–water partition coefficient (Wildman–Crippen LogP) is 14.8. The Morgan fingerprint density at radius 3 is 1.26 bits per heavy atom. The molecule has 2 aromatic heterocycles. The summed E-state index contributed by atoms with van der Waals surface area (Å²) in [5, 5.41) is 22.9. The van der Waals surface area contributed by atoms with Crippen LogP contribution >= 0.6 is 0 Å². The number of rotatable bonds is 13. The number of carbonyl (C=O) groups is 2. The number of benzene rings is 2. The van der Waals surface area contributed by atoms with E-state index < -0.39 is 68.1 Å². The number of aromatic nitrogens is 2. The fourth-order valence-electron chi connectivity index (χ4n) is 10.2. The van der Waals surface area contributed by atoms with Gasteiger partial charge in [0.05, 0.1) is 22.5 Å². The van der Waals surface area contributed by atoms with Crippen molar-refractivity contribution < 1.29 is 46.1 Å². The summed E-state index contributed by atoms with van der Waals surface area (Å²) in [6.45, 7) is 21.7. The zero-order valence-corrected chi connectivity index (χ0v) is 40.0. The molecular weight excluding hydrogens is 843 g/mol. The molecule has 0 unspecified atom stereocenters. The van der Waals surface area contributed by atoms with Crippen molar-refractivity contribution in [3.8, 4) is 11.5 Å². The van der Waals surface area contributed by atoms with Gasteiger partial charge < -0.3 is 20.2 Å². The molecule has 2 heterocycles. The molecule has 4 aromatic rings. The normalized spacial score (nSPS) is 18.0. The lowest BCUT2D eigenvalue weighted by Crippen LogP contribution is -2.30. The van der Waals surface area contributed by atoms with Gasteiger partial charge >= 0.3 is 12.4 Å². The number of halogens is 6. The maximum Gasteiger partial charge on any atom is 0.418 e. The Hall–Kier alpha value is -4.48. The first-order valence-electron chi connectivity index (χ1n) is 23.2. The van der Waals surface area contributed by atoms with Crippen LogP contribution in [0.1, 0.15) is 223 Å². The van der Waals surface area contributed by atoms with Crippen LogP contribution in [0.4, 0.5) is 26.3 Å². The monoisotopic (exact) mass is 911 g/mol. The molecular formula is C53H68F6N2O4. The molecule has 0 atom stereocenters. The average Bonchev–Trinajstić information content (AvgIpc) is 3.94. The van der Waals surface area contributed by atoms with Gasteiger partial charge in [-0.2, -0.15) is 26.3 Å². The molecule has 0 spiro atoms. The van der Waals surface area contributed by atoms with Crippen LogP contribution in [-0.4, -0.2) is 31.7 Å². The Morgan fingerprint density at radius 2 is 0.892 bits per heavy atom. The summed E-state index contributed by atoms with van der Waals surface area (Å²) in [6, 6.07) is 9.51. The zero-order valence-electron chi connectivity index (χ0n) is 40.0. The standard InChI is InChI=1S/C53H68F6N2O4/c1-48(2,3)36-22-29(23-37(46(36)64)49(4,5)6)16-18-43(63)45-35(53(57,58)59)27-41(61-45)33-20-31(21-33)28-51(10,11)39-25-30(24-38(47(39)65)50(7,8)9)17-19-42(62)44-34(52(54,55)56)26-40(60-44)32-14-12-13-15-32/h22-27,31-33,60-61,64-65H,12-21,28H2,1-11H3. The highest BCUT2D eigenvalue weighted by Crippen LogP contribution is 2.51. The van der Waals surface area contributed by atoms with Gasteiger partial charge in [0.2, 0.25) is 0 Å². The van der Waals surface area contributed by atoms with E-state index in [9.17, 15) is 46.1 Å². The molecule has 0 amide bonds. The Bertz CT molecular complexity index is 2360. The molecule has 0 bridgehead atoms. The van der Waals surface area contributed by atoms with E-state index in [0.29, 0.717) is 58.5 Å². The lowest BCUT2D eigenvalue weighted by atomic mass is 9.64. The first kappa shape index (κ1) is 49.9. The second kappa shape index (κ2) is 17.6. The van der Waals surface area contributed by atoms with Crippen molar-refractivity contribution in [1.29, 1.82) is 0 Å². The fourth-order valence-corrected chi connectivity index (χ4v) is 10.2. The number of phenols is 2. The van der Waals surface area contributed by atoms with Crippen LogP contribution in [0.2, 0.25) is 0 Å². The van der Waals surface area contributed by atoms with Gasteiger partial charge in [0.25, 0.3) is 0 Å². The Balaban J connectivity index is 1.17. The lowest BCUT2D eigenvalue weighted by molar-refractivity contribution is -0.138. The van der Waals surface area contributed by atoms with Crippen molar-refractivity contribution in [3.05, 3.63) is 104 Å². The highest BCUT2D eigenvalue weighted by molar-refractivity contribution is 5.97. The number of phenolic OH excluding ortho intramolecular Hbond substituents is 2. The molecule has 12 heteroatoms. The average molecular weight is 911 g/mol. The number of carbonyl (C=O) groups excluding carboxylic acids is 2. The highest BCUT2D eigenvalue weighted by Gasteiger charge is 2.43. The second-order valence-corrected chi connectivity index (χ2v) is 22.8. The third-order valence-corrected chi connectivity index (χ3v) is 13.9. The van der Waals surface area contributed by atoms with Crippen LogP contribution in [-0.2, 0) is 46.9 Å². The smallest absolute Gasteiger partial charge is 0.418 e. The van der Waals surface area contributed by atoms with Gasteiger partial charge in [0.15, 0.2) is 11.6 Å². The van der Waals surface area contributed by atoms with Crippen LogP contribution in [0.3, 0.4) is 0 Å². The van der Waals surface area contributed by atoms with Crippen molar-refractivity contribution in [1.82, 2.24) is 9.97 Å². The maximum absolute atomic E-state index is 14.5. The number of aryl methyl sites for hydroxylation is 2. The molecule has 6 rings (SSSR count). The number of alkyl halides is 6. The quantitative estimate of drug-likeness (QED) is 0.0792. The molecule has 0 saturated heterocycles. The van der Waals surface area contributed by atoms with Gasteiger partial charge in [0.1, 0.15) is 11.5 Å². The van der Waals surface area contributed by atoms with Crippen molar-refractivity contribution in [2.24, 2.45) is 5.92 Å². The number of aromatic amines is 2. The third-order valence-electron chi connectivity index (χ3n) is 13.9. The Morgan fingerprint density at radius 1 is 0.538 bits per heavy atom. The van der Waals surface area contributed by atoms with E-state index in [0.717, 1.165) is 43.4 Å². The minimum absolute atomic E-state index is 0.0277. The number of hydrogen-bond acceptors (Lipinski definition) is 4. The molecule has 2 fully saturated rings. The van der Waals surface area contributed by atoms with Crippen molar-refractivity contribution in [3.63, 3.8) is 0 Å². The topological polar surface area (TPSA) is 106 Å². The van der Waals surface area contributed by atoms with E-state index in [4.69, 9.17) is 0 Å². The summed E-state index contributed by atoms with van der Waals surface area (Å²) >= 11 is 0. The van der Waals surface area contributed by atoms with Crippen LogP contribution < -0.4 is 0 Å². The lowest BCUT2D eigenvalue weighted by Gasteiger charge is -2.41. The molecule has 356 valence electrons. The van der Waals surface area contributed by atoms with E-state index >= 15 is 0 Å². The van der Waals surface area contributed by atoms with Gasteiger partial charge in [-0.3, -0.25) is 9.59 Å². The van der Waals surface area contributed by atoms with Crippen molar-refractivity contribution in [2.75, 3.05) is 0 Å². The summed E-state index contributed by atoms with van der Waals surface area (Å²) in [5.41, 5.74) is 0.291. The molecule has 4 N–H and O–H groups in total. The maximum atomic E-state index is 14.5. The first-order valence-corrected chi connectivity index (χ1v) is 23.2. The van der Waals surface area contributed by atoms with Crippen molar-refractivity contribution in [2.45, 2.75) is 193 Å². The number of ketones is 2. The highest BCUT2D eigenvalue weighted by atomic mass is 19.4. The zero-order chi connectivity index (χ0) is 48.4. The summed E-state index contributed by atoms with van der Waals surface area (Å²) in [7, 11) is 0. The SMILES string of the molecule is CC(C)(C)c1cc(CCC(=O)c2[nH]c(C3CC(CC(C)(C)c4cc(CCC(=O)c5[nH]c(C6CCCC6)cc5C(F)(F)F)cc(C(C)(C)C)c4O)C3)cc2C(F)(F)F)cc(C(C)(C)C)c1O. The summed E-state index contributed by atoms with van der Waals surface area (Å²) in [6.07, 6.45) is -4.24. The van der Waals surface area contributed by atoms with Gasteiger partial charge in [0, 0.05) is 29.8 Å². The number of aromatic hydroxyl groups is 2. The van der Waals surface area contributed by atoms with E-state index in [-0.39, 0.29) is 54.9 Å². The van der Waals surface area contributed by atoms with Crippen LogP contribution in [0.15, 0.2) is 36.4 Å². The summed E-state index contributed by atoms with van der Waals surface area (Å²) in [5.74, 6) is -1.15. The number of Topliss-reactive ketones (excluding diaryl/α,β-unsaturated/α-hetero) is 2. The Labute approximate surface area is 380 Å². The fraction of sp³-hybridized carbons (Fsp3) is 0.585. The molecule has 6 nitrogen and oxygen atoms in total. The number of nitrogens with one attached hydrogen (secondary N) is 2. The van der Waals surface area contributed by atoms with Gasteiger partial charge in [-0.05, 0) is 124 Å². The van der Waals surface area contributed by atoms with Crippen molar-refractivity contribution >= 4 is 11.6 Å². The molecule has 2 aliphatic rings.